The Morgan fingerprint density at radius 3 is 2.50 bits per heavy atom. The van der Waals surface area contributed by atoms with E-state index in [4.69, 9.17) is 16.7 Å². The maximum absolute atomic E-state index is 13.0. The van der Waals surface area contributed by atoms with Crippen LogP contribution in [0.3, 0.4) is 0 Å². The van der Waals surface area contributed by atoms with E-state index in [1.165, 1.54) is 12.4 Å². The first-order valence-corrected chi connectivity index (χ1v) is 12.2. The number of fused-ring (bicyclic) bond motifs is 1. The molecule has 178 valence electrons. The molecule has 5 rings (SSSR count). The number of halogens is 1. The van der Waals surface area contributed by atoms with Crippen molar-refractivity contribution >= 4 is 46.1 Å². The van der Waals surface area contributed by atoms with Gasteiger partial charge in [0, 0.05) is 36.5 Å². The van der Waals surface area contributed by atoms with Crippen LogP contribution < -0.4 is 16.0 Å². The molecule has 0 saturated heterocycles. The quantitative estimate of drug-likeness (QED) is 0.404. The zero-order chi connectivity index (χ0) is 23.7. The van der Waals surface area contributed by atoms with Crippen LogP contribution in [0.25, 0.3) is 5.65 Å². The average Bonchev–Trinajstić information content (AvgIpc) is 3.50. The van der Waals surface area contributed by atoms with Crippen molar-refractivity contribution in [2.75, 3.05) is 16.0 Å². The van der Waals surface area contributed by atoms with Crippen LogP contribution in [0.4, 0.5) is 17.2 Å². The Hall–Kier alpha value is -3.20. The average molecular weight is 482 g/mol. The van der Waals surface area contributed by atoms with Crippen LogP contribution in [0.1, 0.15) is 62.4 Å². The van der Waals surface area contributed by atoms with Gasteiger partial charge in [0.05, 0.1) is 11.9 Å². The van der Waals surface area contributed by atoms with Gasteiger partial charge < -0.3 is 20.7 Å². The van der Waals surface area contributed by atoms with E-state index in [9.17, 15) is 9.59 Å². The van der Waals surface area contributed by atoms with Crippen molar-refractivity contribution in [1.29, 1.82) is 0 Å². The molecule has 0 bridgehead atoms. The number of hydrogen-bond donors (Lipinski definition) is 3. The Balaban J connectivity index is 1.38. The van der Waals surface area contributed by atoms with E-state index in [2.05, 4.69) is 25.9 Å². The van der Waals surface area contributed by atoms with Gasteiger partial charge in [-0.15, -0.1) is 5.10 Å². The van der Waals surface area contributed by atoms with Gasteiger partial charge in [0.25, 0.3) is 5.91 Å². The van der Waals surface area contributed by atoms with Crippen molar-refractivity contribution in [3.8, 4) is 0 Å². The fourth-order valence-electron chi connectivity index (χ4n) is 4.55. The monoisotopic (exact) mass is 481 g/mol. The van der Waals surface area contributed by atoms with E-state index in [0.29, 0.717) is 46.4 Å². The van der Waals surface area contributed by atoms with Crippen molar-refractivity contribution in [2.45, 2.75) is 64.0 Å². The molecule has 0 aliphatic heterocycles. The molecule has 0 aromatic carbocycles. The van der Waals surface area contributed by atoms with Crippen molar-refractivity contribution in [1.82, 2.24) is 19.6 Å². The predicted molar refractivity (Wildman–Crippen MR) is 131 cm³/mol. The van der Waals surface area contributed by atoms with Gasteiger partial charge in [0.1, 0.15) is 16.8 Å². The highest BCUT2D eigenvalue weighted by atomic mass is 35.5. The Morgan fingerprint density at radius 1 is 1.06 bits per heavy atom. The van der Waals surface area contributed by atoms with Gasteiger partial charge in [-0.3, -0.25) is 4.79 Å². The molecule has 3 aromatic heterocycles. The van der Waals surface area contributed by atoms with Gasteiger partial charge in [-0.1, -0.05) is 11.6 Å². The van der Waals surface area contributed by atoms with E-state index in [0.717, 1.165) is 44.2 Å². The molecule has 2 aliphatic carbocycles. The number of ketones is 1. The van der Waals surface area contributed by atoms with Crippen LogP contribution in [-0.4, -0.2) is 43.4 Å². The summed E-state index contributed by atoms with van der Waals surface area (Å²) in [5, 5.41) is 14.9. The first kappa shape index (κ1) is 22.6. The number of pyridine rings is 1. The molecule has 3 N–H and O–H groups in total. The van der Waals surface area contributed by atoms with Gasteiger partial charge in [-0.2, -0.15) is 0 Å². The summed E-state index contributed by atoms with van der Waals surface area (Å²) in [4.78, 5) is 32.9. The lowest BCUT2D eigenvalue weighted by atomic mass is 9.83. The molecule has 0 spiro atoms. The largest absolute Gasteiger partial charge is 0.379 e. The lowest BCUT2D eigenvalue weighted by molar-refractivity contribution is -0.118. The molecule has 2 saturated carbocycles. The second kappa shape index (κ2) is 9.58. The number of aromatic nitrogens is 4. The van der Waals surface area contributed by atoms with E-state index in [-0.39, 0.29) is 17.7 Å². The number of carbonyl (C=O) groups is 2. The SMILES string of the molecule is CC(=O)CC1CCC(Nc2cc(NC3CC3)c3ncc(C(=O)Nc4ccnc(Cl)c4)n3n2)CC1. The lowest BCUT2D eigenvalue weighted by Gasteiger charge is -2.29. The number of imidazole rings is 1. The molecular weight excluding hydrogens is 454 g/mol. The molecule has 34 heavy (non-hydrogen) atoms. The summed E-state index contributed by atoms with van der Waals surface area (Å²) in [6, 6.07) is 5.95. The summed E-state index contributed by atoms with van der Waals surface area (Å²) < 4.78 is 1.59. The third-order valence-electron chi connectivity index (χ3n) is 6.40. The predicted octanol–water partition coefficient (Wildman–Crippen LogP) is 4.55. The van der Waals surface area contributed by atoms with Gasteiger partial charge in [0.2, 0.25) is 0 Å². The molecule has 0 radical (unpaired) electrons. The molecule has 3 heterocycles. The number of hydrogen-bond acceptors (Lipinski definition) is 7. The maximum Gasteiger partial charge on any atom is 0.276 e. The summed E-state index contributed by atoms with van der Waals surface area (Å²) >= 11 is 5.94. The van der Waals surface area contributed by atoms with Crippen LogP contribution in [-0.2, 0) is 4.79 Å². The number of Topliss-reactive ketones (excluding diaryl/α,β-unsaturated/α-hetero) is 1. The minimum absolute atomic E-state index is 0.263. The van der Waals surface area contributed by atoms with Crippen LogP contribution in [0.15, 0.2) is 30.6 Å². The molecule has 2 aliphatic rings. The Kier molecular flexibility index (Phi) is 6.36. The van der Waals surface area contributed by atoms with E-state index in [1.54, 1.807) is 23.6 Å². The summed E-state index contributed by atoms with van der Waals surface area (Å²) in [5.74, 6) is 1.11. The number of rotatable bonds is 8. The fourth-order valence-corrected chi connectivity index (χ4v) is 4.72. The molecule has 0 unspecified atom stereocenters. The maximum atomic E-state index is 13.0. The van der Waals surface area contributed by atoms with Crippen LogP contribution in [0.2, 0.25) is 5.15 Å². The molecular formula is C24H28ClN7O2. The smallest absolute Gasteiger partial charge is 0.276 e. The van der Waals surface area contributed by atoms with Gasteiger partial charge >= 0.3 is 0 Å². The number of anilines is 3. The highest BCUT2D eigenvalue weighted by Crippen LogP contribution is 2.31. The second-order valence-electron chi connectivity index (χ2n) is 9.33. The van der Waals surface area contributed by atoms with E-state index in [1.807, 2.05) is 6.07 Å². The first-order valence-electron chi connectivity index (χ1n) is 11.8. The van der Waals surface area contributed by atoms with E-state index < -0.39 is 0 Å². The summed E-state index contributed by atoms with van der Waals surface area (Å²) in [5.41, 5.74) is 2.35. The Bertz CT molecular complexity index is 1220. The molecule has 3 aromatic rings. The molecule has 0 atom stereocenters. The first-order chi connectivity index (χ1) is 16.4. The molecule has 9 nitrogen and oxygen atoms in total. The second-order valence-corrected chi connectivity index (χ2v) is 9.72. The highest BCUT2D eigenvalue weighted by molar-refractivity contribution is 6.29. The Labute approximate surface area is 202 Å². The van der Waals surface area contributed by atoms with Crippen LogP contribution in [0.5, 0.6) is 0 Å². The van der Waals surface area contributed by atoms with Crippen molar-refractivity contribution in [2.24, 2.45) is 5.92 Å². The van der Waals surface area contributed by atoms with Crippen molar-refractivity contribution < 1.29 is 9.59 Å². The number of nitrogens with zero attached hydrogens (tertiary/aromatic N) is 4. The minimum atomic E-state index is -0.332. The van der Waals surface area contributed by atoms with E-state index >= 15 is 0 Å². The molecule has 10 heteroatoms. The zero-order valence-electron chi connectivity index (χ0n) is 19.1. The highest BCUT2D eigenvalue weighted by Gasteiger charge is 2.26. The third kappa shape index (κ3) is 5.30. The fraction of sp³-hybridized carbons (Fsp3) is 0.458. The zero-order valence-corrected chi connectivity index (χ0v) is 19.8. The van der Waals surface area contributed by atoms with Gasteiger partial charge in [-0.05, 0) is 63.5 Å². The number of nitrogens with one attached hydrogen (secondary N) is 3. The molecule has 1 amide bonds. The van der Waals surface area contributed by atoms with Gasteiger partial charge in [0.15, 0.2) is 11.3 Å². The minimum Gasteiger partial charge on any atom is -0.379 e. The van der Waals surface area contributed by atoms with Crippen molar-refractivity contribution in [3.63, 3.8) is 0 Å². The normalized spacial score (nSPS) is 20.2. The van der Waals surface area contributed by atoms with Crippen LogP contribution >= 0.6 is 11.6 Å². The third-order valence-corrected chi connectivity index (χ3v) is 6.60. The summed E-state index contributed by atoms with van der Waals surface area (Å²) in [6.07, 6.45) is 10.0. The van der Waals surface area contributed by atoms with Crippen molar-refractivity contribution in [3.05, 3.63) is 41.4 Å². The number of amides is 1. The van der Waals surface area contributed by atoms with Gasteiger partial charge in [-0.25, -0.2) is 14.5 Å². The summed E-state index contributed by atoms with van der Waals surface area (Å²) in [7, 11) is 0. The topological polar surface area (TPSA) is 113 Å². The summed E-state index contributed by atoms with van der Waals surface area (Å²) in [6.45, 7) is 1.67. The standard InChI is InChI=1S/C24H28ClN7O2/c1-14(33)10-15-2-4-17(5-3-15)29-22-12-19(28-16-6-7-16)23-27-13-20(32(23)31-22)24(34)30-18-8-9-26-21(25)11-18/h8-9,11-13,15-17,28H,2-7,10H2,1H3,(H,29,31)(H,26,30,34). The Morgan fingerprint density at radius 2 is 1.79 bits per heavy atom. The lowest BCUT2D eigenvalue weighted by Crippen LogP contribution is -2.27. The number of carbonyl (C=O) groups excluding carboxylic acids is 2. The van der Waals surface area contributed by atoms with Crippen LogP contribution in [0, 0.1) is 5.92 Å². The molecule has 2 fully saturated rings.